The van der Waals surface area contributed by atoms with Crippen molar-refractivity contribution in [3.63, 3.8) is 0 Å². The van der Waals surface area contributed by atoms with E-state index in [9.17, 15) is 0 Å². The summed E-state index contributed by atoms with van der Waals surface area (Å²) in [6.07, 6.45) is 0. The van der Waals surface area contributed by atoms with E-state index >= 15 is 0 Å². The molecule has 0 aliphatic carbocycles. The normalized spacial score (nSPS) is 10.7. The molecule has 0 aliphatic heterocycles. The van der Waals surface area contributed by atoms with E-state index in [2.05, 4.69) is 48.2 Å². The zero-order chi connectivity index (χ0) is 13.0. The van der Waals surface area contributed by atoms with Gasteiger partial charge in [-0.1, -0.05) is 19.9 Å². The monoisotopic (exact) mass is 300 g/mol. The van der Waals surface area contributed by atoms with E-state index in [0.717, 1.165) is 30.9 Å². The van der Waals surface area contributed by atoms with Gasteiger partial charge in [0.15, 0.2) is 0 Å². The molecule has 1 aromatic carbocycles. The van der Waals surface area contributed by atoms with Crippen LogP contribution in [0, 0.1) is 6.92 Å². The van der Waals surface area contributed by atoms with Crippen LogP contribution in [-0.4, -0.2) is 35.5 Å². The van der Waals surface area contributed by atoms with Crippen LogP contribution in [0.4, 0.5) is 0 Å². The lowest BCUT2D eigenvalue weighted by Gasteiger charge is -2.17. The molecule has 0 bridgehead atoms. The van der Waals surface area contributed by atoms with Gasteiger partial charge in [-0.15, -0.1) is 12.4 Å². The first-order chi connectivity index (χ1) is 8.74. The summed E-state index contributed by atoms with van der Waals surface area (Å²) >= 11 is 1.51. The van der Waals surface area contributed by atoms with Crippen LogP contribution in [0.1, 0.15) is 19.4 Å². The van der Waals surface area contributed by atoms with Crippen molar-refractivity contribution < 1.29 is 4.74 Å². The zero-order valence-corrected chi connectivity index (χ0v) is 13.3. The molecule has 0 fully saturated rings. The number of ether oxygens (including phenoxy) is 1. The van der Waals surface area contributed by atoms with Gasteiger partial charge in [-0.3, -0.25) is 0 Å². The predicted octanol–water partition coefficient (Wildman–Crippen LogP) is 3.75. The van der Waals surface area contributed by atoms with Gasteiger partial charge >= 0.3 is 0 Å². The number of aromatic nitrogens is 1. The predicted molar refractivity (Wildman–Crippen MR) is 84.9 cm³/mol. The topological polar surface area (TPSA) is 25.4 Å². The Hall–Kier alpha value is -0.840. The van der Waals surface area contributed by atoms with Crippen molar-refractivity contribution in [2.75, 3.05) is 26.2 Å². The van der Waals surface area contributed by atoms with Gasteiger partial charge in [0.05, 0.1) is 10.1 Å². The Kier molecular flexibility index (Phi) is 6.55. The number of halogens is 1. The number of rotatable bonds is 6. The number of hydrogen-bond acceptors (Lipinski definition) is 4. The summed E-state index contributed by atoms with van der Waals surface area (Å²) in [4.78, 5) is 2.35. The molecule has 0 radical (unpaired) electrons. The summed E-state index contributed by atoms with van der Waals surface area (Å²) in [5.74, 6) is 0.780. The average molecular weight is 301 g/mol. The number of hydrogen-bond donors (Lipinski definition) is 0. The average Bonchev–Trinajstić information content (AvgIpc) is 2.77. The molecular weight excluding hydrogens is 280 g/mol. The van der Waals surface area contributed by atoms with Gasteiger partial charge in [0.1, 0.15) is 6.61 Å². The van der Waals surface area contributed by atoms with E-state index in [1.165, 1.54) is 21.8 Å². The molecule has 0 atom stereocenters. The largest absolute Gasteiger partial charge is 0.475 e. The zero-order valence-electron chi connectivity index (χ0n) is 11.7. The standard InChI is InChI=1S/C14H20N2OS.ClH/c1-4-16(5-2)8-9-17-14-12-7-6-11(3)10-13(12)18-15-14;/h6-7,10H,4-5,8-9H2,1-3H3;1H. The highest BCUT2D eigenvalue weighted by atomic mass is 35.5. The molecule has 0 spiro atoms. The van der Waals surface area contributed by atoms with Crippen molar-refractivity contribution >= 4 is 34.0 Å². The lowest BCUT2D eigenvalue weighted by molar-refractivity contribution is 0.220. The quantitative estimate of drug-likeness (QED) is 0.812. The summed E-state index contributed by atoms with van der Waals surface area (Å²) in [6, 6.07) is 6.36. The molecule has 1 heterocycles. The van der Waals surface area contributed by atoms with Crippen LogP contribution < -0.4 is 4.74 Å². The summed E-state index contributed by atoms with van der Waals surface area (Å²) in [6.45, 7) is 10.2. The minimum atomic E-state index is 0. The second-order valence-corrected chi connectivity index (χ2v) is 5.17. The number of aryl methyl sites for hydroxylation is 1. The van der Waals surface area contributed by atoms with E-state index in [-0.39, 0.29) is 12.4 Å². The van der Waals surface area contributed by atoms with Gasteiger partial charge < -0.3 is 9.64 Å². The molecule has 106 valence electrons. The second-order valence-electron chi connectivity index (χ2n) is 4.36. The van der Waals surface area contributed by atoms with Gasteiger partial charge in [0.25, 0.3) is 0 Å². The maximum Gasteiger partial charge on any atom is 0.233 e. The number of benzene rings is 1. The maximum absolute atomic E-state index is 5.79. The lowest BCUT2D eigenvalue weighted by atomic mass is 10.2. The molecule has 0 unspecified atom stereocenters. The fraction of sp³-hybridized carbons (Fsp3) is 0.500. The van der Waals surface area contributed by atoms with Crippen molar-refractivity contribution in [1.29, 1.82) is 0 Å². The van der Waals surface area contributed by atoms with E-state index in [1.807, 2.05) is 0 Å². The summed E-state index contributed by atoms with van der Waals surface area (Å²) < 4.78 is 11.4. The number of fused-ring (bicyclic) bond motifs is 1. The third-order valence-electron chi connectivity index (χ3n) is 3.14. The van der Waals surface area contributed by atoms with E-state index in [1.54, 1.807) is 0 Å². The van der Waals surface area contributed by atoms with Gasteiger partial charge in [0, 0.05) is 6.54 Å². The van der Waals surface area contributed by atoms with Gasteiger partial charge in [-0.25, -0.2) is 0 Å². The van der Waals surface area contributed by atoms with Crippen LogP contribution >= 0.6 is 23.9 Å². The van der Waals surface area contributed by atoms with Crippen molar-refractivity contribution in [2.45, 2.75) is 20.8 Å². The van der Waals surface area contributed by atoms with Crippen LogP contribution in [0.5, 0.6) is 5.88 Å². The minimum Gasteiger partial charge on any atom is -0.475 e. The van der Waals surface area contributed by atoms with Crippen molar-refractivity contribution in [2.24, 2.45) is 0 Å². The van der Waals surface area contributed by atoms with Crippen molar-refractivity contribution in [3.05, 3.63) is 23.8 Å². The van der Waals surface area contributed by atoms with Crippen LogP contribution in [0.3, 0.4) is 0 Å². The Morgan fingerprint density at radius 1 is 1.26 bits per heavy atom. The first-order valence-corrected chi connectivity index (χ1v) is 7.23. The van der Waals surface area contributed by atoms with Crippen molar-refractivity contribution in [3.8, 4) is 5.88 Å². The van der Waals surface area contributed by atoms with E-state index < -0.39 is 0 Å². The number of likely N-dealkylation sites (N-methyl/N-ethyl adjacent to an activating group) is 1. The molecule has 0 aliphatic rings. The van der Waals surface area contributed by atoms with E-state index in [0.29, 0.717) is 6.61 Å². The van der Waals surface area contributed by atoms with Crippen LogP contribution in [0.25, 0.3) is 10.1 Å². The summed E-state index contributed by atoms with van der Waals surface area (Å²) in [7, 11) is 0. The third kappa shape index (κ3) is 4.06. The molecule has 2 aromatic rings. The molecule has 19 heavy (non-hydrogen) atoms. The molecular formula is C14H21ClN2OS. The third-order valence-corrected chi connectivity index (χ3v) is 3.93. The molecule has 0 N–H and O–H groups in total. The Labute approximate surface area is 125 Å². The highest BCUT2D eigenvalue weighted by Gasteiger charge is 2.07. The number of nitrogens with zero attached hydrogens (tertiary/aromatic N) is 2. The molecule has 0 saturated carbocycles. The summed E-state index contributed by atoms with van der Waals surface area (Å²) in [5, 5.41) is 1.13. The fourth-order valence-electron chi connectivity index (χ4n) is 1.94. The second kappa shape index (κ2) is 7.68. The van der Waals surface area contributed by atoms with Gasteiger partial charge in [-0.05, 0) is 49.2 Å². The van der Waals surface area contributed by atoms with Crippen LogP contribution in [0.15, 0.2) is 18.2 Å². The van der Waals surface area contributed by atoms with Crippen LogP contribution in [-0.2, 0) is 0 Å². The molecule has 2 rings (SSSR count). The first-order valence-electron chi connectivity index (χ1n) is 6.45. The van der Waals surface area contributed by atoms with Gasteiger partial charge in [-0.2, -0.15) is 4.37 Å². The Bertz CT molecular complexity index is 511. The molecule has 0 amide bonds. The minimum absolute atomic E-state index is 0. The van der Waals surface area contributed by atoms with Crippen molar-refractivity contribution in [1.82, 2.24) is 9.27 Å². The highest BCUT2D eigenvalue weighted by Crippen LogP contribution is 2.29. The SMILES string of the molecule is CCN(CC)CCOc1nsc2cc(C)ccc12.Cl. The van der Waals surface area contributed by atoms with Gasteiger partial charge in [0.2, 0.25) is 5.88 Å². The molecule has 1 aromatic heterocycles. The summed E-state index contributed by atoms with van der Waals surface area (Å²) in [5.41, 5.74) is 1.26. The van der Waals surface area contributed by atoms with E-state index in [4.69, 9.17) is 4.74 Å². The first kappa shape index (κ1) is 16.2. The molecule has 3 nitrogen and oxygen atoms in total. The van der Waals surface area contributed by atoms with Crippen LogP contribution in [0.2, 0.25) is 0 Å². The Morgan fingerprint density at radius 3 is 2.68 bits per heavy atom. The lowest BCUT2D eigenvalue weighted by Crippen LogP contribution is -2.27. The fourth-order valence-corrected chi connectivity index (χ4v) is 2.76. The Morgan fingerprint density at radius 2 is 2.00 bits per heavy atom. The highest BCUT2D eigenvalue weighted by molar-refractivity contribution is 7.13. The smallest absolute Gasteiger partial charge is 0.233 e. The molecule has 5 heteroatoms. The maximum atomic E-state index is 5.79. The molecule has 0 saturated heterocycles. The Balaban J connectivity index is 0.00000180.